The first-order valence-electron chi connectivity index (χ1n) is 10.5. The van der Waals surface area contributed by atoms with E-state index in [0.717, 1.165) is 42.4 Å². The first-order valence-corrected chi connectivity index (χ1v) is 10.5. The molecule has 0 heterocycles. The fourth-order valence-electron chi connectivity index (χ4n) is 5.05. The second-order valence-electron chi connectivity index (χ2n) is 8.22. The summed E-state index contributed by atoms with van der Waals surface area (Å²) in [6.07, 6.45) is 14.2. The number of hydrogen-bond donors (Lipinski definition) is 0. The third kappa shape index (κ3) is 4.55. The zero-order valence-electron chi connectivity index (χ0n) is 15.8. The highest BCUT2D eigenvalue weighted by Crippen LogP contribution is 2.44. The molecular weight excluding hydrogens is 292 g/mol. The van der Waals surface area contributed by atoms with Crippen molar-refractivity contribution in [3.63, 3.8) is 0 Å². The van der Waals surface area contributed by atoms with Crippen molar-refractivity contribution in [2.45, 2.75) is 84.0 Å². The normalized spacial score (nSPS) is 30.9. The molecule has 1 aromatic carbocycles. The van der Waals surface area contributed by atoms with Crippen LogP contribution in [-0.4, -0.2) is 6.61 Å². The summed E-state index contributed by atoms with van der Waals surface area (Å²) in [7, 11) is 0. The van der Waals surface area contributed by atoms with Gasteiger partial charge in [0.25, 0.3) is 0 Å². The van der Waals surface area contributed by atoms with Gasteiger partial charge in [0.1, 0.15) is 5.75 Å². The van der Waals surface area contributed by atoms with Crippen LogP contribution in [-0.2, 0) is 0 Å². The summed E-state index contributed by atoms with van der Waals surface area (Å²) in [6.45, 7) is 5.35. The lowest BCUT2D eigenvalue weighted by atomic mass is 9.68. The van der Waals surface area contributed by atoms with Crippen LogP contribution in [0.25, 0.3) is 0 Å². The van der Waals surface area contributed by atoms with Crippen molar-refractivity contribution < 1.29 is 4.74 Å². The molecule has 0 spiro atoms. The lowest BCUT2D eigenvalue weighted by molar-refractivity contribution is 0.158. The van der Waals surface area contributed by atoms with E-state index in [1.165, 1.54) is 63.4 Å². The molecule has 0 saturated heterocycles. The molecule has 0 unspecified atom stereocenters. The number of hydrogen-bond acceptors (Lipinski definition) is 1. The number of rotatable bonds is 6. The van der Waals surface area contributed by atoms with Crippen molar-refractivity contribution in [3.8, 4) is 5.75 Å². The molecule has 0 aliphatic heterocycles. The molecular formula is C23H36O. The van der Waals surface area contributed by atoms with E-state index in [0.29, 0.717) is 0 Å². The summed E-state index contributed by atoms with van der Waals surface area (Å²) < 4.78 is 5.71. The van der Waals surface area contributed by atoms with Gasteiger partial charge in [-0.2, -0.15) is 0 Å². The monoisotopic (exact) mass is 328 g/mol. The van der Waals surface area contributed by atoms with Crippen LogP contribution in [0.1, 0.15) is 89.5 Å². The molecule has 2 aliphatic carbocycles. The maximum atomic E-state index is 5.71. The van der Waals surface area contributed by atoms with E-state index in [2.05, 4.69) is 38.1 Å². The third-order valence-electron chi connectivity index (χ3n) is 6.73. The lowest BCUT2D eigenvalue weighted by Gasteiger charge is -2.38. The highest BCUT2D eigenvalue weighted by Gasteiger charge is 2.30. The molecule has 24 heavy (non-hydrogen) atoms. The Bertz CT molecular complexity index is 461. The molecule has 0 bridgehead atoms. The topological polar surface area (TPSA) is 9.23 Å². The molecule has 3 rings (SSSR count). The van der Waals surface area contributed by atoms with Gasteiger partial charge in [-0.15, -0.1) is 0 Å². The standard InChI is InChI=1S/C23H36O/c1-3-17-24-23-15-13-22(14-16-23)21-11-9-20(10-12-21)19-7-5-18(4-2)6-8-19/h13-16,18-21H,3-12,17H2,1-2H3. The molecule has 0 radical (unpaired) electrons. The minimum atomic E-state index is 0.786. The minimum absolute atomic E-state index is 0.786. The molecule has 2 aliphatic rings. The maximum absolute atomic E-state index is 5.71. The van der Waals surface area contributed by atoms with Crippen LogP contribution in [0, 0.1) is 17.8 Å². The maximum Gasteiger partial charge on any atom is 0.119 e. The van der Waals surface area contributed by atoms with Gasteiger partial charge in [-0.3, -0.25) is 0 Å². The Kier molecular flexibility index (Phi) is 6.63. The van der Waals surface area contributed by atoms with Crippen molar-refractivity contribution in [2.75, 3.05) is 6.61 Å². The summed E-state index contributed by atoms with van der Waals surface area (Å²) in [6, 6.07) is 8.96. The van der Waals surface area contributed by atoms with Gasteiger partial charge in [-0.25, -0.2) is 0 Å². The van der Waals surface area contributed by atoms with Crippen LogP contribution in [0.3, 0.4) is 0 Å². The highest BCUT2D eigenvalue weighted by molar-refractivity contribution is 5.29. The molecule has 1 aromatic rings. The molecule has 0 atom stereocenters. The molecule has 0 N–H and O–H groups in total. The average molecular weight is 329 g/mol. The molecule has 0 amide bonds. The summed E-state index contributed by atoms with van der Waals surface area (Å²) in [5, 5.41) is 0. The number of benzene rings is 1. The molecule has 0 aromatic heterocycles. The van der Waals surface area contributed by atoms with E-state index >= 15 is 0 Å². The zero-order valence-corrected chi connectivity index (χ0v) is 15.8. The average Bonchev–Trinajstić information content (AvgIpc) is 2.67. The Morgan fingerprint density at radius 2 is 1.38 bits per heavy atom. The molecule has 1 heteroatoms. The van der Waals surface area contributed by atoms with E-state index in [1.807, 2.05) is 0 Å². The Morgan fingerprint density at radius 3 is 1.92 bits per heavy atom. The van der Waals surface area contributed by atoms with Crippen LogP contribution in [0.4, 0.5) is 0 Å². The van der Waals surface area contributed by atoms with Crippen molar-refractivity contribution >= 4 is 0 Å². The summed E-state index contributed by atoms with van der Waals surface area (Å²) in [4.78, 5) is 0. The molecule has 2 saturated carbocycles. The van der Waals surface area contributed by atoms with Crippen LogP contribution >= 0.6 is 0 Å². The summed E-state index contributed by atoms with van der Waals surface area (Å²) >= 11 is 0. The number of ether oxygens (including phenoxy) is 1. The predicted molar refractivity (Wildman–Crippen MR) is 103 cm³/mol. The second kappa shape index (κ2) is 8.92. The Morgan fingerprint density at radius 1 is 0.792 bits per heavy atom. The van der Waals surface area contributed by atoms with Crippen LogP contribution in [0.2, 0.25) is 0 Å². The van der Waals surface area contributed by atoms with Gasteiger partial charge in [0.05, 0.1) is 6.61 Å². The van der Waals surface area contributed by atoms with E-state index < -0.39 is 0 Å². The van der Waals surface area contributed by atoms with Crippen LogP contribution in [0.15, 0.2) is 24.3 Å². The fraction of sp³-hybridized carbons (Fsp3) is 0.739. The quantitative estimate of drug-likeness (QED) is 0.548. The SMILES string of the molecule is CCCOc1ccc(C2CCC(C3CCC(CC)CC3)CC2)cc1. The smallest absolute Gasteiger partial charge is 0.119 e. The summed E-state index contributed by atoms with van der Waals surface area (Å²) in [5.74, 6) is 4.91. The van der Waals surface area contributed by atoms with Gasteiger partial charge in [0.15, 0.2) is 0 Å². The second-order valence-corrected chi connectivity index (χ2v) is 8.22. The van der Waals surface area contributed by atoms with Gasteiger partial charge in [0, 0.05) is 0 Å². The first kappa shape index (κ1) is 17.8. The molecule has 2 fully saturated rings. The van der Waals surface area contributed by atoms with Gasteiger partial charge in [-0.1, -0.05) is 45.2 Å². The van der Waals surface area contributed by atoms with Gasteiger partial charge in [0.2, 0.25) is 0 Å². The minimum Gasteiger partial charge on any atom is -0.494 e. The van der Waals surface area contributed by atoms with E-state index in [9.17, 15) is 0 Å². The van der Waals surface area contributed by atoms with E-state index in [4.69, 9.17) is 4.74 Å². The first-order chi connectivity index (χ1) is 11.8. The zero-order chi connectivity index (χ0) is 16.8. The van der Waals surface area contributed by atoms with Crippen LogP contribution in [0.5, 0.6) is 5.75 Å². The van der Waals surface area contributed by atoms with Gasteiger partial charge >= 0.3 is 0 Å². The van der Waals surface area contributed by atoms with Crippen molar-refractivity contribution in [1.29, 1.82) is 0 Å². The Balaban J connectivity index is 1.46. The highest BCUT2D eigenvalue weighted by atomic mass is 16.5. The Hall–Kier alpha value is -0.980. The van der Waals surface area contributed by atoms with Crippen molar-refractivity contribution in [1.82, 2.24) is 0 Å². The van der Waals surface area contributed by atoms with Gasteiger partial charge in [-0.05, 0) is 86.3 Å². The summed E-state index contributed by atoms with van der Waals surface area (Å²) in [5.41, 5.74) is 1.53. The largest absolute Gasteiger partial charge is 0.494 e. The van der Waals surface area contributed by atoms with E-state index in [-0.39, 0.29) is 0 Å². The van der Waals surface area contributed by atoms with Gasteiger partial charge < -0.3 is 4.74 Å². The van der Waals surface area contributed by atoms with E-state index in [1.54, 1.807) is 0 Å². The van der Waals surface area contributed by atoms with Crippen LogP contribution < -0.4 is 4.74 Å². The van der Waals surface area contributed by atoms with Crippen molar-refractivity contribution in [2.24, 2.45) is 17.8 Å². The fourth-order valence-corrected chi connectivity index (χ4v) is 5.05. The van der Waals surface area contributed by atoms with Crippen molar-refractivity contribution in [3.05, 3.63) is 29.8 Å². The lowest BCUT2D eigenvalue weighted by Crippen LogP contribution is -2.25. The third-order valence-corrected chi connectivity index (χ3v) is 6.73. The predicted octanol–water partition coefficient (Wildman–Crippen LogP) is 6.97. The molecule has 1 nitrogen and oxygen atoms in total. The molecule has 134 valence electrons. The Labute approximate surface area is 149 Å².